The maximum absolute atomic E-state index is 13.4. The zero-order chi connectivity index (χ0) is 24.5. The number of carbonyl (C=O) groups excluding carboxylic acids is 1. The quantitative estimate of drug-likeness (QED) is 0.440. The van der Waals surface area contributed by atoms with E-state index in [1.54, 1.807) is 10.9 Å². The second kappa shape index (κ2) is 9.98. The van der Waals surface area contributed by atoms with Crippen LogP contribution in [-0.2, 0) is 13.2 Å². The molecule has 0 aliphatic carbocycles. The molecule has 2 aromatic carbocycles. The topological polar surface area (TPSA) is 59.0 Å². The van der Waals surface area contributed by atoms with Gasteiger partial charge in [0.2, 0.25) is 0 Å². The molecule has 1 unspecified atom stereocenters. The Bertz CT molecular complexity index is 1190. The zero-order valence-corrected chi connectivity index (χ0v) is 19.8. The fraction of sp³-hybridized carbons (Fsp3) is 0.333. The Morgan fingerprint density at radius 1 is 1.21 bits per heavy atom. The van der Waals surface area contributed by atoms with E-state index in [0.29, 0.717) is 0 Å². The monoisotopic (exact) mass is 510 g/mol. The highest BCUT2D eigenvalue weighted by Gasteiger charge is 2.36. The van der Waals surface area contributed by atoms with Gasteiger partial charge in [0, 0.05) is 24.8 Å². The van der Waals surface area contributed by atoms with Crippen molar-refractivity contribution in [3.8, 4) is 11.1 Å². The molecule has 0 bridgehead atoms. The van der Waals surface area contributed by atoms with Crippen molar-refractivity contribution >= 4 is 29.1 Å². The Kier molecular flexibility index (Phi) is 7.21. The Balaban J connectivity index is 1.71. The summed E-state index contributed by atoms with van der Waals surface area (Å²) in [5.41, 5.74) is 1.15. The van der Waals surface area contributed by atoms with Gasteiger partial charge in [0.1, 0.15) is 0 Å². The Morgan fingerprint density at radius 3 is 2.65 bits per heavy atom. The van der Waals surface area contributed by atoms with Gasteiger partial charge in [-0.25, -0.2) is 0 Å². The van der Waals surface area contributed by atoms with E-state index in [2.05, 4.69) is 15.7 Å². The lowest BCUT2D eigenvalue weighted by Gasteiger charge is -2.33. The van der Waals surface area contributed by atoms with Crippen LogP contribution in [0.15, 0.2) is 48.8 Å². The second-order valence-electron chi connectivity index (χ2n) is 8.32. The van der Waals surface area contributed by atoms with E-state index in [-0.39, 0.29) is 16.6 Å². The highest BCUT2D eigenvalue weighted by atomic mass is 35.5. The third-order valence-corrected chi connectivity index (χ3v) is 6.65. The number of rotatable bonds is 5. The van der Waals surface area contributed by atoms with Crippen molar-refractivity contribution in [2.24, 2.45) is 7.05 Å². The molecule has 3 aromatic rings. The summed E-state index contributed by atoms with van der Waals surface area (Å²) >= 11 is 12.2. The van der Waals surface area contributed by atoms with Crippen LogP contribution >= 0.6 is 23.2 Å². The van der Waals surface area contributed by atoms with Gasteiger partial charge in [0.25, 0.3) is 5.91 Å². The molecule has 180 valence electrons. The van der Waals surface area contributed by atoms with Crippen LogP contribution < -0.4 is 10.6 Å². The van der Waals surface area contributed by atoms with Crippen molar-refractivity contribution in [3.05, 3.63) is 75.5 Å². The summed E-state index contributed by atoms with van der Waals surface area (Å²) in [7, 11) is 1.82. The van der Waals surface area contributed by atoms with Crippen LogP contribution in [0.2, 0.25) is 10.0 Å². The van der Waals surface area contributed by atoms with Gasteiger partial charge >= 0.3 is 6.18 Å². The van der Waals surface area contributed by atoms with Gasteiger partial charge in [-0.3, -0.25) is 9.48 Å². The molecule has 2 heterocycles. The molecule has 10 heteroatoms. The van der Waals surface area contributed by atoms with Crippen molar-refractivity contribution < 1.29 is 18.0 Å². The van der Waals surface area contributed by atoms with Crippen LogP contribution in [0.4, 0.5) is 13.2 Å². The molecule has 4 rings (SSSR count). The first kappa shape index (κ1) is 24.6. The van der Waals surface area contributed by atoms with Crippen LogP contribution in [-0.4, -0.2) is 28.3 Å². The number of hydrogen-bond donors (Lipinski definition) is 2. The SMILES string of the molecule is Cn1cc(-c2cccc(C(NC(=O)c3c(Cl)ccc(C(F)(F)F)c3Cl)[C@@H]3CCCCN3)c2)cn1. The molecule has 2 N–H and O–H groups in total. The summed E-state index contributed by atoms with van der Waals surface area (Å²) in [5, 5.41) is 9.68. The lowest BCUT2D eigenvalue weighted by molar-refractivity contribution is -0.137. The molecule has 0 spiro atoms. The number of aryl methyl sites for hydroxylation is 1. The van der Waals surface area contributed by atoms with Gasteiger partial charge in [-0.2, -0.15) is 18.3 Å². The number of carbonyl (C=O) groups is 1. The van der Waals surface area contributed by atoms with Crippen LogP contribution in [0.25, 0.3) is 11.1 Å². The van der Waals surface area contributed by atoms with Gasteiger partial charge in [-0.05, 0) is 48.7 Å². The van der Waals surface area contributed by atoms with E-state index in [1.165, 1.54) is 0 Å². The molecule has 1 aromatic heterocycles. The summed E-state index contributed by atoms with van der Waals surface area (Å²) in [6, 6.07) is 8.86. The van der Waals surface area contributed by atoms with Gasteiger partial charge in [-0.1, -0.05) is 47.8 Å². The van der Waals surface area contributed by atoms with Crippen molar-refractivity contribution in [2.75, 3.05) is 6.54 Å². The fourth-order valence-corrected chi connectivity index (χ4v) is 4.90. The smallest absolute Gasteiger partial charge is 0.344 e. The molecule has 0 saturated carbocycles. The molecule has 1 fully saturated rings. The summed E-state index contributed by atoms with van der Waals surface area (Å²) in [6.45, 7) is 0.782. The van der Waals surface area contributed by atoms with E-state index >= 15 is 0 Å². The average Bonchev–Trinajstić information content (AvgIpc) is 3.23. The van der Waals surface area contributed by atoms with Gasteiger partial charge < -0.3 is 10.6 Å². The van der Waals surface area contributed by atoms with E-state index in [1.807, 2.05) is 37.5 Å². The second-order valence-corrected chi connectivity index (χ2v) is 9.10. The summed E-state index contributed by atoms with van der Waals surface area (Å²) in [4.78, 5) is 13.3. The summed E-state index contributed by atoms with van der Waals surface area (Å²) in [6.07, 6.45) is 1.70. The van der Waals surface area contributed by atoms with E-state index in [9.17, 15) is 18.0 Å². The number of benzene rings is 2. The molecule has 1 amide bonds. The molecule has 1 aliphatic rings. The number of halogens is 5. The van der Waals surface area contributed by atoms with E-state index in [0.717, 1.165) is 54.6 Å². The molecule has 1 saturated heterocycles. The average molecular weight is 511 g/mol. The summed E-state index contributed by atoms with van der Waals surface area (Å²) in [5.74, 6) is -0.759. The van der Waals surface area contributed by atoms with Crippen molar-refractivity contribution in [1.29, 1.82) is 0 Å². The molecule has 1 aliphatic heterocycles. The van der Waals surface area contributed by atoms with E-state index in [4.69, 9.17) is 23.2 Å². The van der Waals surface area contributed by atoms with Crippen LogP contribution in [0, 0.1) is 0 Å². The minimum atomic E-state index is -4.71. The van der Waals surface area contributed by atoms with Crippen LogP contribution in [0.1, 0.15) is 46.8 Å². The first-order valence-corrected chi connectivity index (χ1v) is 11.6. The molecular weight excluding hydrogens is 488 g/mol. The van der Waals surface area contributed by atoms with Gasteiger partial charge in [0.05, 0.1) is 33.4 Å². The molecule has 0 radical (unpaired) electrons. The normalized spacial score (nSPS) is 17.4. The highest BCUT2D eigenvalue weighted by Crippen LogP contribution is 2.39. The Hall–Kier alpha value is -2.55. The van der Waals surface area contributed by atoms with Gasteiger partial charge in [-0.15, -0.1) is 0 Å². The lowest BCUT2D eigenvalue weighted by atomic mass is 9.90. The van der Waals surface area contributed by atoms with Crippen LogP contribution in [0.3, 0.4) is 0 Å². The molecule has 34 heavy (non-hydrogen) atoms. The highest BCUT2D eigenvalue weighted by molar-refractivity contribution is 6.40. The van der Waals surface area contributed by atoms with Crippen molar-refractivity contribution in [2.45, 2.75) is 37.5 Å². The number of nitrogens with one attached hydrogen (secondary N) is 2. The Morgan fingerprint density at radius 2 is 2.00 bits per heavy atom. The summed E-state index contributed by atoms with van der Waals surface area (Å²) < 4.78 is 41.8. The van der Waals surface area contributed by atoms with Gasteiger partial charge in [0.15, 0.2) is 0 Å². The molecular formula is C24H23Cl2F3N4O. The number of nitrogens with zero attached hydrogens (tertiary/aromatic N) is 2. The minimum Gasteiger partial charge on any atom is -0.344 e. The number of hydrogen-bond acceptors (Lipinski definition) is 3. The number of alkyl halides is 3. The van der Waals surface area contributed by atoms with Crippen LogP contribution in [0.5, 0.6) is 0 Å². The number of amides is 1. The maximum Gasteiger partial charge on any atom is 0.417 e. The first-order chi connectivity index (χ1) is 16.1. The Labute approximate surface area is 205 Å². The third kappa shape index (κ3) is 5.24. The predicted molar refractivity (Wildman–Crippen MR) is 126 cm³/mol. The minimum absolute atomic E-state index is 0.106. The third-order valence-electron chi connectivity index (χ3n) is 5.94. The fourth-order valence-electron chi connectivity index (χ4n) is 4.25. The zero-order valence-electron chi connectivity index (χ0n) is 18.3. The lowest BCUT2D eigenvalue weighted by Crippen LogP contribution is -2.46. The first-order valence-electron chi connectivity index (χ1n) is 10.8. The maximum atomic E-state index is 13.4. The predicted octanol–water partition coefficient (Wildman–Crippen LogP) is 6.03. The van der Waals surface area contributed by atoms with E-state index < -0.39 is 28.7 Å². The standard InChI is InChI=1S/C24H23Cl2F3N4O/c1-33-13-16(12-31-33)14-5-4-6-15(11-14)22(19-7-2-3-10-30-19)32-23(34)20-18(25)9-8-17(21(20)26)24(27,28)29/h4-6,8-9,11-13,19,22,30H,2-3,7,10H2,1H3,(H,32,34)/t19-,22?/m0/s1. The largest absolute Gasteiger partial charge is 0.417 e. The number of aromatic nitrogens is 2. The van der Waals surface area contributed by atoms with Crippen molar-refractivity contribution in [1.82, 2.24) is 20.4 Å². The molecule has 5 nitrogen and oxygen atoms in total. The van der Waals surface area contributed by atoms with Crippen molar-refractivity contribution in [3.63, 3.8) is 0 Å². The number of piperidine rings is 1. The molecule has 2 atom stereocenters.